The van der Waals surface area contributed by atoms with Crippen molar-refractivity contribution < 1.29 is 4.79 Å². The van der Waals surface area contributed by atoms with Crippen LogP contribution in [0, 0.1) is 6.92 Å². The topological polar surface area (TPSA) is 42.0 Å². The maximum atomic E-state index is 11.4. The van der Waals surface area contributed by atoms with E-state index >= 15 is 0 Å². The van der Waals surface area contributed by atoms with Gasteiger partial charge in [-0.15, -0.1) is 0 Å². The first-order valence-corrected chi connectivity index (χ1v) is 5.80. The monoisotopic (exact) mass is 230 g/mol. The minimum atomic E-state index is -0.0693. The first-order chi connectivity index (χ1) is 8.22. The van der Waals surface area contributed by atoms with Crippen LogP contribution in [0.25, 0.3) is 10.9 Å². The summed E-state index contributed by atoms with van der Waals surface area (Å²) in [6.45, 7) is 6.01. The molecule has 2 aromatic rings. The third-order valence-corrected chi connectivity index (χ3v) is 2.45. The molecule has 0 bridgehead atoms. The summed E-state index contributed by atoms with van der Waals surface area (Å²) in [7, 11) is 1.63. The Hall–Kier alpha value is -1.90. The molecule has 1 aromatic heterocycles. The summed E-state index contributed by atoms with van der Waals surface area (Å²) in [6, 6.07) is 7.47. The van der Waals surface area contributed by atoms with Crippen molar-refractivity contribution in [2.45, 2.75) is 20.8 Å². The number of pyridine rings is 1. The largest absolute Gasteiger partial charge is 0.355 e. The van der Waals surface area contributed by atoms with E-state index in [1.165, 1.54) is 0 Å². The van der Waals surface area contributed by atoms with E-state index in [9.17, 15) is 4.79 Å². The smallest absolute Gasteiger partial charge is 0.251 e. The zero-order valence-electron chi connectivity index (χ0n) is 10.7. The summed E-state index contributed by atoms with van der Waals surface area (Å²) < 4.78 is 0. The first kappa shape index (κ1) is 13.2. The van der Waals surface area contributed by atoms with Gasteiger partial charge in [0, 0.05) is 24.2 Å². The van der Waals surface area contributed by atoms with Crippen LogP contribution in [-0.2, 0) is 0 Å². The van der Waals surface area contributed by atoms with Crippen molar-refractivity contribution in [2.75, 3.05) is 7.05 Å². The predicted molar refractivity (Wildman–Crippen MR) is 71.2 cm³/mol. The van der Waals surface area contributed by atoms with Gasteiger partial charge in [0.15, 0.2) is 0 Å². The van der Waals surface area contributed by atoms with Crippen molar-refractivity contribution in [3.8, 4) is 0 Å². The Morgan fingerprint density at radius 2 is 1.94 bits per heavy atom. The molecule has 1 amide bonds. The molecule has 0 aliphatic rings. The van der Waals surface area contributed by atoms with Crippen LogP contribution in [0.3, 0.4) is 0 Å². The lowest BCUT2D eigenvalue weighted by molar-refractivity contribution is 0.0963. The van der Waals surface area contributed by atoms with Crippen molar-refractivity contribution >= 4 is 16.8 Å². The third kappa shape index (κ3) is 2.81. The van der Waals surface area contributed by atoms with Crippen LogP contribution in [0.1, 0.15) is 29.8 Å². The number of benzene rings is 1. The minimum Gasteiger partial charge on any atom is -0.355 e. The number of rotatable bonds is 1. The van der Waals surface area contributed by atoms with Gasteiger partial charge in [0.25, 0.3) is 5.91 Å². The van der Waals surface area contributed by atoms with Gasteiger partial charge in [0.05, 0.1) is 5.52 Å². The molecule has 0 radical (unpaired) electrons. The van der Waals surface area contributed by atoms with Gasteiger partial charge in [-0.2, -0.15) is 0 Å². The number of amides is 1. The molecule has 3 nitrogen and oxygen atoms in total. The van der Waals surface area contributed by atoms with E-state index in [-0.39, 0.29) is 5.91 Å². The van der Waals surface area contributed by atoms with Gasteiger partial charge in [-0.25, -0.2) is 0 Å². The summed E-state index contributed by atoms with van der Waals surface area (Å²) in [5.41, 5.74) is 2.72. The van der Waals surface area contributed by atoms with Crippen LogP contribution in [0.2, 0.25) is 0 Å². The van der Waals surface area contributed by atoms with E-state index in [0.717, 1.165) is 16.5 Å². The number of aromatic nitrogens is 1. The van der Waals surface area contributed by atoms with E-state index in [1.54, 1.807) is 19.3 Å². The molecule has 0 spiro atoms. The van der Waals surface area contributed by atoms with Crippen molar-refractivity contribution in [2.24, 2.45) is 0 Å². The normalized spacial score (nSPS) is 9.41. The molecule has 1 N–H and O–H groups in total. The molecule has 0 aliphatic carbocycles. The summed E-state index contributed by atoms with van der Waals surface area (Å²) >= 11 is 0. The molecule has 0 unspecified atom stereocenters. The van der Waals surface area contributed by atoms with Crippen LogP contribution in [0.5, 0.6) is 0 Å². The Morgan fingerprint density at radius 1 is 1.24 bits per heavy atom. The molecule has 1 heterocycles. The standard InChI is InChI=1S/C12H12N2O.C2H6/c1-8-5-6-14-11-4-3-9(7-10(8)11)12(15)13-2;1-2/h3-7H,1-2H3,(H,13,15);1-2H3. The fourth-order valence-corrected chi connectivity index (χ4v) is 1.57. The van der Waals surface area contributed by atoms with E-state index < -0.39 is 0 Å². The van der Waals surface area contributed by atoms with Gasteiger partial charge < -0.3 is 5.32 Å². The van der Waals surface area contributed by atoms with Gasteiger partial charge in [-0.3, -0.25) is 9.78 Å². The lowest BCUT2D eigenvalue weighted by Gasteiger charge is -2.04. The van der Waals surface area contributed by atoms with Gasteiger partial charge in [-0.1, -0.05) is 13.8 Å². The second kappa shape index (κ2) is 5.99. The van der Waals surface area contributed by atoms with Crippen LogP contribution in [0.4, 0.5) is 0 Å². The molecule has 17 heavy (non-hydrogen) atoms. The van der Waals surface area contributed by atoms with Gasteiger partial charge in [0.1, 0.15) is 0 Å². The molecular formula is C14H18N2O. The number of hydrogen-bond donors (Lipinski definition) is 1. The molecule has 2 rings (SSSR count). The Bertz CT molecular complexity index is 521. The number of hydrogen-bond acceptors (Lipinski definition) is 2. The number of aryl methyl sites for hydroxylation is 1. The van der Waals surface area contributed by atoms with E-state index in [1.807, 2.05) is 39.0 Å². The van der Waals surface area contributed by atoms with Crippen molar-refractivity contribution in [1.82, 2.24) is 10.3 Å². The Balaban J connectivity index is 0.000000686. The minimum absolute atomic E-state index is 0.0693. The highest BCUT2D eigenvalue weighted by atomic mass is 16.1. The summed E-state index contributed by atoms with van der Waals surface area (Å²) in [6.07, 6.45) is 1.78. The maximum absolute atomic E-state index is 11.4. The summed E-state index contributed by atoms with van der Waals surface area (Å²) in [5, 5.41) is 3.63. The number of carbonyl (C=O) groups is 1. The van der Waals surface area contributed by atoms with E-state index in [4.69, 9.17) is 0 Å². The van der Waals surface area contributed by atoms with Crippen LogP contribution in [-0.4, -0.2) is 17.9 Å². The lowest BCUT2D eigenvalue weighted by Crippen LogP contribution is -2.17. The highest BCUT2D eigenvalue weighted by Gasteiger charge is 2.05. The Labute approximate surface area is 102 Å². The second-order valence-corrected chi connectivity index (χ2v) is 3.44. The molecular weight excluding hydrogens is 212 g/mol. The van der Waals surface area contributed by atoms with Crippen molar-refractivity contribution in [3.63, 3.8) is 0 Å². The SMILES string of the molecule is CC.CNC(=O)c1ccc2nccc(C)c2c1. The molecule has 3 heteroatoms. The molecule has 0 fully saturated rings. The zero-order valence-corrected chi connectivity index (χ0v) is 10.7. The second-order valence-electron chi connectivity index (χ2n) is 3.44. The average molecular weight is 230 g/mol. The molecule has 0 atom stereocenters. The molecule has 0 saturated heterocycles. The average Bonchev–Trinajstić information content (AvgIpc) is 2.40. The van der Waals surface area contributed by atoms with Gasteiger partial charge in [-0.05, 0) is 36.8 Å². The molecule has 0 aliphatic heterocycles. The zero-order chi connectivity index (χ0) is 12.8. The molecule has 90 valence electrons. The van der Waals surface area contributed by atoms with E-state index in [0.29, 0.717) is 5.56 Å². The number of fused-ring (bicyclic) bond motifs is 1. The highest BCUT2D eigenvalue weighted by Crippen LogP contribution is 2.17. The number of nitrogens with zero attached hydrogens (tertiary/aromatic N) is 1. The lowest BCUT2D eigenvalue weighted by atomic mass is 10.1. The number of carbonyl (C=O) groups excluding carboxylic acids is 1. The Morgan fingerprint density at radius 3 is 2.59 bits per heavy atom. The highest BCUT2D eigenvalue weighted by molar-refractivity contribution is 5.98. The summed E-state index contributed by atoms with van der Waals surface area (Å²) in [4.78, 5) is 15.7. The quantitative estimate of drug-likeness (QED) is 0.818. The fraction of sp³-hybridized carbons (Fsp3) is 0.286. The fourth-order valence-electron chi connectivity index (χ4n) is 1.57. The first-order valence-electron chi connectivity index (χ1n) is 5.80. The van der Waals surface area contributed by atoms with Crippen molar-refractivity contribution in [3.05, 3.63) is 41.6 Å². The van der Waals surface area contributed by atoms with Crippen LogP contribution >= 0.6 is 0 Å². The summed E-state index contributed by atoms with van der Waals surface area (Å²) in [5.74, 6) is -0.0693. The molecule has 0 saturated carbocycles. The van der Waals surface area contributed by atoms with Crippen LogP contribution < -0.4 is 5.32 Å². The predicted octanol–water partition coefficient (Wildman–Crippen LogP) is 2.93. The van der Waals surface area contributed by atoms with Gasteiger partial charge in [0.2, 0.25) is 0 Å². The van der Waals surface area contributed by atoms with Crippen molar-refractivity contribution in [1.29, 1.82) is 0 Å². The third-order valence-electron chi connectivity index (χ3n) is 2.45. The van der Waals surface area contributed by atoms with Gasteiger partial charge >= 0.3 is 0 Å². The number of nitrogens with one attached hydrogen (secondary N) is 1. The Kier molecular flexibility index (Phi) is 4.64. The molecule has 1 aromatic carbocycles. The van der Waals surface area contributed by atoms with Crippen LogP contribution in [0.15, 0.2) is 30.5 Å². The maximum Gasteiger partial charge on any atom is 0.251 e. The van der Waals surface area contributed by atoms with E-state index in [2.05, 4.69) is 10.3 Å².